The molecule has 0 aromatic carbocycles. The fourth-order valence-corrected chi connectivity index (χ4v) is 3.10. The second-order valence-electron chi connectivity index (χ2n) is 7.66. The highest BCUT2D eigenvalue weighted by Gasteiger charge is 2.30. The van der Waals surface area contributed by atoms with Gasteiger partial charge in [0.2, 0.25) is 0 Å². The van der Waals surface area contributed by atoms with Gasteiger partial charge in [0.05, 0.1) is 0 Å². The molecule has 2 heteroatoms. The molecule has 0 aromatic rings. The molecule has 1 saturated heterocycles. The Bertz CT molecular complexity index is 248. The number of nitrogens with zero attached hydrogens (tertiary/aromatic N) is 1. The molecule has 1 aliphatic rings. The third-order valence-corrected chi connectivity index (χ3v) is 4.62. The van der Waals surface area contributed by atoms with Gasteiger partial charge >= 0.3 is 0 Å². The number of hydrogen-bond acceptors (Lipinski definition) is 2. The molecule has 114 valence electrons. The van der Waals surface area contributed by atoms with Crippen molar-refractivity contribution < 1.29 is 0 Å². The lowest BCUT2D eigenvalue weighted by Crippen LogP contribution is -2.58. The zero-order chi connectivity index (χ0) is 14.5. The predicted molar refractivity (Wildman–Crippen MR) is 85.6 cm³/mol. The Kier molecular flexibility index (Phi) is 6.82. The van der Waals surface area contributed by atoms with Gasteiger partial charge in [0.1, 0.15) is 0 Å². The lowest BCUT2D eigenvalue weighted by Gasteiger charge is -2.44. The zero-order valence-corrected chi connectivity index (χ0v) is 14.1. The lowest BCUT2D eigenvalue weighted by atomic mass is 9.85. The maximum atomic E-state index is 3.69. The molecule has 0 saturated carbocycles. The van der Waals surface area contributed by atoms with E-state index >= 15 is 0 Å². The van der Waals surface area contributed by atoms with Gasteiger partial charge in [-0.3, -0.25) is 4.90 Å². The molecule has 1 aliphatic heterocycles. The molecule has 0 spiro atoms. The number of hydrogen-bond donors (Lipinski definition) is 1. The van der Waals surface area contributed by atoms with Gasteiger partial charge in [-0.2, -0.15) is 0 Å². The molecule has 1 rings (SSSR count). The van der Waals surface area contributed by atoms with E-state index in [4.69, 9.17) is 0 Å². The van der Waals surface area contributed by atoms with Crippen molar-refractivity contribution in [2.45, 2.75) is 79.3 Å². The van der Waals surface area contributed by atoms with Crippen molar-refractivity contribution in [2.24, 2.45) is 11.3 Å². The zero-order valence-electron chi connectivity index (χ0n) is 14.1. The molecular weight excluding hydrogens is 232 g/mol. The molecule has 0 bridgehead atoms. The first-order valence-corrected chi connectivity index (χ1v) is 8.33. The Morgan fingerprint density at radius 2 is 1.95 bits per heavy atom. The molecular formula is C17H36N2. The average Bonchev–Trinajstić information content (AvgIpc) is 2.31. The van der Waals surface area contributed by atoms with Crippen LogP contribution in [0.1, 0.15) is 67.2 Å². The Morgan fingerprint density at radius 1 is 1.26 bits per heavy atom. The first-order chi connectivity index (χ1) is 8.85. The van der Waals surface area contributed by atoms with Gasteiger partial charge < -0.3 is 5.32 Å². The Hall–Kier alpha value is -0.0800. The summed E-state index contributed by atoms with van der Waals surface area (Å²) in [5, 5.41) is 3.69. The van der Waals surface area contributed by atoms with Gasteiger partial charge in [-0.15, -0.1) is 0 Å². The van der Waals surface area contributed by atoms with Gasteiger partial charge in [0.15, 0.2) is 0 Å². The second kappa shape index (κ2) is 7.64. The van der Waals surface area contributed by atoms with Crippen molar-refractivity contribution in [1.29, 1.82) is 0 Å². The molecule has 0 aliphatic carbocycles. The molecule has 0 aromatic heterocycles. The summed E-state index contributed by atoms with van der Waals surface area (Å²) in [6.45, 7) is 17.8. The summed E-state index contributed by atoms with van der Waals surface area (Å²) >= 11 is 0. The van der Waals surface area contributed by atoms with Gasteiger partial charge in [-0.25, -0.2) is 0 Å². The summed E-state index contributed by atoms with van der Waals surface area (Å²) in [7, 11) is 0. The van der Waals surface area contributed by atoms with Crippen LogP contribution >= 0.6 is 0 Å². The van der Waals surface area contributed by atoms with Crippen molar-refractivity contribution in [3.63, 3.8) is 0 Å². The van der Waals surface area contributed by atoms with E-state index in [0.717, 1.165) is 12.5 Å². The average molecular weight is 268 g/mol. The van der Waals surface area contributed by atoms with Crippen LogP contribution in [0.3, 0.4) is 0 Å². The maximum Gasteiger partial charge on any atom is 0.0218 e. The van der Waals surface area contributed by atoms with Crippen LogP contribution < -0.4 is 5.32 Å². The monoisotopic (exact) mass is 268 g/mol. The van der Waals surface area contributed by atoms with Crippen LogP contribution in [0.2, 0.25) is 0 Å². The van der Waals surface area contributed by atoms with E-state index in [-0.39, 0.29) is 0 Å². The molecule has 2 nitrogen and oxygen atoms in total. The van der Waals surface area contributed by atoms with Crippen molar-refractivity contribution in [2.75, 3.05) is 19.6 Å². The normalized spacial score (nSPS) is 26.1. The van der Waals surface area contributed by atoms with Gasteiger partial charge in [-0.05, 0) is 24.7 Å². The predicted octanol–water partition coefficient (Wildman–Crippen LogP) is 3.91. The van der Waals surface area contributed by atoms with Crippen molar-refractivity contribution in [3.8, 4) is 0 Å². The van der Waals surface area contributed by atoms with Crippen LogP contribution in [0.15, 0.2) is 0 Å². The standard InChI is InChI=1S/C17H36N2/c1-7-8-9-10-17(5,6)13-19-12-16(14(2)3)18-11-15(19)4/h14-16,18H,7-13H2,1-6H3. The largest absolute Gasteiger partial charge is 0.311 e. The fraction of sp³-hybridized carbons (Fsp3) is 1.00. The van der Waals surface area contributed by atoms with Crippen molar-refractivity contribution in [1.82, 2.24) is 10.2 Å². The molecule has 1 fully saturated rings. The third kappa shape index (κ3) is 5.83. The topological polar surface area (TPSA) is 15.3 Å². The first kappa shape index (κ1) is 17.0. The van der Waals surface area contributed by atoms with Crippen LogP contribution in [0, 0.1) is 11.3 Å². The minimum absolute atomic E-state index is 0.461. The third-order valence-electron chi connectivity index (χ3n) is 4.62. The van der Waals surface area contributed by atoms with E-state index in [9.17, 15) is 0 Å². The molecule has 2 atom stereocenters. The van der Waals surface area contributed by atoms with Crippen molar-refractivity contribution in [3.05, 3.63) is 0 Å². The SMILES string of the molecule is CCCCCC(C)(C)CN1CC(C(C)C)NCC1C. The smallest absolute Gasteiger partial charge is 0.0218 e. The van der Waals surface area contributed by atoms with Crippen LogP contribution in [0.25, 0.3) is 0 Å². The second-order valence-corrected chi connectivity index (χ2v) is 7.66. The molecule has 19 heavy (non-hydrogen) atoms. The summed E-state index contributed by atoms with van der Waals surface area (Å²) in [4.78, 5) is 2.72. The van der Waals surface area contributed by atoms with Gasteiger partial charge in [0.25, 0.3) is 0 Å². The van der Waals surface area contributed by atoms with E-state index in [1.807, 2.05) is 0 Å². The summed E-state index contributed by atoms with van der Waals surface area (Å²) < 4.78 is 0. The van der Waals surface area contributed by atoms with E-state index in [0.29, 0.717) is 17.5 Å². The lowest BCUT2D eigenvalue weighted by molar-refractivity contribution is 0.0765. The summed E-state index contributed by atoms with van der Waals surface area (Å²) in [6.07, 6.45) is 5.46. The highest BCUT2D eigenvalue weighted by atomic mass is 15.2. The molecule has 0 radical (unpaired) electrons. The van der Waals surface area contributed by atoms with Crippen LogP contribution in [-0.4, -0.2) is 36.6 Å². The van der Waals surface area contributed by atoms with Crippen molar-refractivity contribution >= 4 is 0 Å². The van der Waals surface area contributed by atoms with E-state index in [1.54, 1.807) is 0 Å². The number of rotatable bonds is 7. The van der Waals surface area contributed by atoms with E-state index < -0.39 is 0 Å². The van der Waals surface area contributed by atoms with Crippen LogP contribution in [0.5, 0.6) is 0 Å². The Morgan fingerprint density at radius 3 is 2.53 bits per heavy atom. The molecule has 1 heterocycles. The minimum Gasteiger partial charge on any atom is -0.311 e. The quantitative estimate of drug-likeness (QED) is 0.704. The molecule has 1 N–H and O–H groups in total. The van der Waals surface area contributed by atoms with Gasteiger partial charge in [-0.1, -0.05) is 53.9 Å². The fourth-order valence-electron chi connectivity index (χ4n) is 3.10. The maximum absolute atomic E-state index is 3.69. The number of unbranched alkanes of at least 4 members (excludes halogenated alkanes) is 2. The summed E-state index contributed by atoms with van der Waals surface area (Å²) in [6, 6.07) is 1.35. The van der Waals surface area contributed by atoms with E-state index in [2.05, 4.69) is 51.8 Å². The van der Waals surface area contributed by atoms with Gasteiger partial charge in [0, 0.05) is 31.7 Å². The minimum atomic E-state index is 0.461. The van der Waals surface area contributed by atoms with E-state index in [1.165, 1.54) is 38.8 Å². The summed E-state index contributed by atoms with van der Waals surface area (Å²) in [5.74, 6) is 0.734. The van der Waals surface area contributed by atoms with Crippen LogP contribution in [-0.2, 0) is 0 Å². The van der Waals surface area contributed by atoms with Crippen LogP contribution in [0.4, 0.5) is 0 Å². The Balaban J connectivity index is 2.47. The molecule has 2 unspecified atom stereocenters. The summed E-state index contributed by atoms with van der Waals surface area (Å²) in [5.41, 5.74) is 0.461. The Labute approximate surface area is 121 Å². The number of nitrogens with one attached hydrogen (secondary N) is 1. The molecule has 0 amide bonds. The highest BCUT2D eigenvalue weighted by molar-refractivity contribution is 4.88. The number of piperazine rings is 1. The highest BCUT2D eigenvalue weighted by Crippen LogP contribution is 2.27. The first-order valence-electron chi connectivity index (χ1n) is 8.33.